The third kappa shape index (κ3) is 5.81. The molecule has 9 nitrogen and oxygen atoms in total. The Kier molecular flexibility index (Phi) is 7.15. The van der Waals surface area contributed by atoms with Crippen LogP contribution in [0.15, 0.2) is 67.1 Å². The zero-order valence-corrected chi connectivity index (χ0v) is 22.5. The molecule has 0 aliphatic heterocycles. The van der Waals surface area contributed by atoms with Gasteiger partial charge in [0.25, 0.3) is 0 Å². The number of imidazole rings is 1. The van der Waals surface area contributed by atoms with E-state index in [4.69, 9.17) is 0 Å². The van der Waals surface area contributed by atoms with Crippen LogP contribution in [0, 0.1) is 11.6 Å². The maximum absolute atomic E-state index is 14.7. The predicted octanol–water partition coefficient (Wildman–Crippen LogP) is 4.55. The maximum Gasteiger partial charge on any atom is 0.232 e. The molecule has 2 heterocycles. The van der Waals surface area contributed by atoms with Gasteiger partial charge in [0.05, 0.1) is 35.2 Å². The van der Waals surface area contributed by atoms with Crippen LogP contribution < -0.4 is 4.72 Å². The van der Waals surface area contributed by atoms with Crippen molar-refractivity contribution < 1.29 is 17.2 Å². The second-order valence-corrected chi connectivity index (χ2v) is 11.4. The number of halogens is 2. The summed E-state index contributed by atoms with van der Waals surface area (Å²) < 4.78 is 59.0. The quantitative estimate of drug-likeness (QED) is 0.289. The smallest absolute Gasteiger partial charge is 0.232 e. The third-order valence-corrected chi connectivity index (χ3v) is 7.56. The Morgan fingerprint density at radius 1 is 1.00 bits per heavy atom. The summed E-state index contributed by atoms with van der Waals surface area (Å²) in [6, 6.07) is 13.8. The molecule has 202 valence electrons. The molecule has 1 N–H and O–H groups in total. The third-order valence-electron chi connectivity index (χ3n) is 6.25. The average molecular weight is 552 g/mol. The van der Waals surface area contributed by atoms with Crippen LogP contribution in [0.2, 0.25) is 0 Å². The van der Waals surface area contributed by atoms with E-state index < -0.39 is 21.7 Å². The minimum absolute atomic E-state index is 0.131. The summed E-state index contributed by atoms with van der Waals surface area (Å²) in [5.74, 6) is -1.59. The molecule has 0 spiro atoms. The molecule has 0 fully saturated rings. The number of benzene rings is 3. The summed E-state index contributed by atoms with van der Waals surface area (Å²) in [6.07, 6.45) is 3.50. The molecule has 12 heteroatoms. The van der Waals surface area contributed by atoms with Gasteiger partial charge in [-0.15, -0.1) is 5.10 Å². The summed E-state index contributed by atoms with van der Waals surface area (Å²) in [5, 5.41) is 8.48. The Labute approximate surface area is 224 Å². The molecule has 0 unspecified atom stereocenters. The van der Waals surface area contributed by atoms with Crippen LogP contribution >= 0.6 is 0 Å². The topological polar surface area (TPSA) is 97.9 Å². The van der Waals surface area contributed by atoms with Gasteiger partial charge in [0.15, 0.2) is 0 Å². The van der Waals surface area contributed by atoms with Crippen molar-refractivity contribution in [3.8, 4) is 28.1 Å². The second kappa shape index (κ2) is 10.5. The SMILES string of the molecule is CCS(=O)(=O)Nc1cc(-c2ccc(F)cc2F)cc(-n2cnc3cc(-c4cn(CCN(C)C)nn4)ccc32)c1. The first-order chi connectivity index (χ1) is 18.6. The van der Waals surface area contributed by atoms with Crippen LogP contribution in [0.5, 0.6) is 0 Å². The highest BCUT2D eigenvalue weighted by atomic mass is 32.2. The van der Waals surface area contributed by atoms with E-state index in [1.807, 2.05) is 38.5 Å². The van der Waals surface area contributed by atoms with Crippen molar-refractivity contribution in [2.75, 3.05) is 31.1 Å². The number of nitrogens with zero attached hydrogens (tertiary/aromatic N) is 6. The monoisotopic (exact) mass is 551 g/mol. The lowest BCUT2D eigenvalue weighted by molar-refractivity contribution is 0.370. The molecular formula is C27H27F2N7O2S. The van der Waals surface area contributed by atoms with E-state index in [9.17, 15) is 17.2 Å². The fourth-order valence-corrected chi connectivity index (χ4v) is 4.78. The molecule has 39 heavy (non-hydrogen) atoms. The van der Waals surface area contributed by atoms with Crippen molar-refractivity contribution in [1.29, 1.82) is 0 Å². The first-order valence-corrected chi connectivity index (χ1v) is 13.9. The van der Waals surface area contributed by atoms with E-state index in [1.54, 1.807) is 27.7 Å². The number of fused-ring (bicyclic) bond motifs is 1. The van der Waals surface area contributed by atoms with Gasteiger partial charge in [0, 0.05) is 29.4 Å². The number of nitrogens with one attached hydrogen (secondary N) is 1. The van der Waals surface area contributed by atoms with Crippen molar-refractivity contribution >= 4 is 26.7 Å². The Bertz CT molecular complexity index is 1760. The van der Waals surface area contributed by atoms with Crippen molar-refractivity contribution in [3.05, 3.63) is 78.8 Å². The summed E-state index contributed by atoms with van der Waals surface area (Å²) in [6.45, 7) is 3.07. The van der Waals surface area contributed by atoms with Crippen LogP contribution in [-0.2, 0) is 16.6 Å². The number of anilines is 1. The van der Waals surface area contributed by atoms with Gasteiger partial charge in [0.1, 0.15) is 23.7 Å². The van der Waals surface area contributed by atoms with Crippen LogP contribution in [0.3, 0.4) is 0 Å². The van der Waals surface area contributed by atoms with Gasteiger partial charge in [-0.25, -0.2) is 22.2 Å². The van der Waals surface area contributed by atoms with Crippen molar-refractivity contribution in [1.82, 2.24) is 29.4 Å². The molecule has 0 atom stereocenters. The highest BCUT2D eigenvalue weighted by Gasteiger charge is 2.15. The summed E-state index contributed by atoms with van der Waals surface area (Å²) in [4.78, 5) is 6.61. The van der Waals surface area contributed by atoms with Gasteiger partial charge in [-0.1, -0.05) is 11.3 Å². The van der Waals surface area contributed by atoms with Gasteiger partial charge in [0.2, 0.25) is 10.0 Å². The van der Waals surface area contributed by atoms with Crippen molar-refractivity contribution in [3.63, 3.8) is 0 Å². The Morgan fingerprint density at radius 2 is 1.82 bits per heavy atom. The van der Waals surface area contributed by atoms with E-state index >= 15 is 0 Å². The van der Waals surface area contributed by atoms with E-state index in [2.05, 4.69) is 24.9 Å². The number of rotatable bonds is 9. The van der Waals surface area contributed by atoms with E-state index in [0.717, 1.165) is 35.5 Å². The Balaban J connectivity index is 1.55. The van der Waals surface area contributed by atoms with Crippen LogP contribution in [0.4, 0.5) is 14.5 Å². The molecule has 0 bridgehead atoms. The molecule has 2 aromatic heterocycles. The second-order valence-electron chi connectivity index (χ2n) is 9.39. The van der Waals surface area contributed by atoms with Crippen LogP contribution in [-0.4, -0.2) is 64.3 Å². The van der Waals surface area contributed by atoms with Crippen LogP contribution in [0.25, 0.3) is 39.1 Å². The number of hydrogen-bond acceptors (Lipinski definition) is 6. The molecule has 0 saturated carbocycles. The Morgan fingerprint density at radius 3 is 2.56 bits per heavy atom. The summed E-state index contributed by atoms with van der Waals surface area (Å²) in [5.41, 5.74) is 4.32. The zero-order chi connectivity index (χ0) is 27.7. The largest absolute Gasteiger partial charge is 0.308 e. The van der Waals surface area contributed by atoms with Gasteiger partial charge in [-0.2, -0.15) is 0 Å². The Hall–Kier alpha value is -4.16. The fraction of sp³-hybridized carbons (Fsp3) is 0.222. The van der Waals surface area contributed by atoms with Crippen LogP contribution in [0.1, 0.15) is 6.92 Å². The summed E-state index contributed by atoms with van der Waals surface area (Å²) in [7, 11) is 0.386. The van der Waals surface area contributed by atoms with Crippen molar-refractivity contribution in [2.45, 2.75) is 13.5 Å². The zero-order valence-electron chi connectivity index (χ0n) is 21.6. The first kappa shape index (κ1) is 26.4. The lowest BCUT2D eigenvalue weighted by atomic mass is 10.0. The van der Waals surface area contributed by atoms with Gasteiger partial charge in [-0.3, -0.25) is 14.0 Å². The molecule has 0 amide bonds. The van der Waals surface area contributed by atoms with Gasteiger partial charge < -0.3 is 4.90 Å². The highest BCUT2D eigenvalue weighted by molar-refractivity contribution is 7.92. The van der Waals surface area contributed by atoms with E-state index in [0.29, 0.717) is 23.3 Å². The minimum Gasteiger partial charge on any atom is -0.308 e. The maximum atomic E-state index is 14.7. The summed E-state index contributed by atoms with van der Waals surface area (Å²) >= 11 is 0. The normalized spacial score (nSPS) is 11.9. The molecule has 5 rings (SSSR count). The van der Waals surface area contributed by atoms with E-state index in [-0.39, 0.29) is 17.0 Å². The number of hydrogen-bond donors (Lipinski definition) is 1. The molecular weight excluding hydrogens is 524 g/mol. The first-order valence-electron chi connectivity index (χ1n) is 12.3. The van der Waals surface area contributed by atoms with Gasteiger partial charge >= 0.3 is 0 Å². The number of aromatic nitrogens is 5. The lowest BCUT2D eigenvalue weighted by Gasteiger charge is -2.14. The fourth-order valence-electron chi connectivity index (χ4n) is 4.16. The highest BCUT2D eigenvalue weighted by Crippen LogP contribution is 2.31. The standard InChI is InChI=1S/C27H27F2N7O2S/c1-4-39(37,38)32-21-11-19(23-7-6-20(28)14-24(23)29)12-22(15-21)36-17-30-25-13-18(5-8-27(25)36)26-16-35(33-31-26)10-9-34(2)3/h5-8,11-17,32H,4,9-10H2,1-3H3. The molecule has 0 saturated heterocycles. The minimum atomic E-state index is -3.61. The van der Waals surface area contributed by atoms with Gasteiger partial charge in [-0.05, 0) is 69.0 Å². The number of likely N-dealkylation sites (N-methyl/N-ethyl adjacent to an activating group) is 1. The average Bonchev–Trinajstić information content (AvgIpc) is 3.54. The lowest BCUT2D eigenvalue weighted by Crippen LogP contribution is -2.18. The van der Waals surface area contributed by atoms with Crippen molar-refractivity contribution in [2.24, 2.45) is 0 Å². The molecule has 0 radical (unpaired) electrons. The van der Waals surface area contributed by atoms with E-state index in [1.165, 1.54) is 19.1 Å². The molecule has 5 aromatic rings. The molecule has 3 aromatic carbocycles. The number of sulfonamides is 1. The molecule has 0 aliphatic carbocycles. The predicted molar refractivity (Wildman–Crippen MR) is 147 cm³/mol. The molecule has 0 aliphatic rings.